The van der Waals surface area contributed by atoms with Gasteiger partial charge in [-0.3, -0.25) is 9.59 Å². The Bertz CT molecular complexity index is 2120. The molecule has 2 amide bonds. The van der Waals surface area contributed by atoms with E-state index in [0.717, 1.165) is 37.1 Å². The molecule has 0 unspecified atom stereocenters. The highest BCUT2D eigenvalue weighted by Crippen LogP contribution is 2.60. The quantitative estimate of drug-likeness (QED) is 0.211. The molecule has 5 fully saturated rings. The minimum Gasteiger partial charge on any atom is -0.508 e. The van der Waals surface area contributed by atoms with Gasteiger partial charge in [0.05, 0.1) is 23.2 Å². The van der Waals surface area contributed by atoms with Crippen LogP contribution in [0.15, 0.2) is 79.1 Å². The number of phenolic OH excluding ortho intramolecular Hbond substituents is 1. The van der Waals surface area contributed by atoms with Gasteiger partial charge < -0.3 is 14.9 Å². The molecule has 0 radical (unpaired) electrons. The second-order valence-corrected chi connectivity index (χ2v) is 17.1. The smallest absolute Gasteiger partial charge is 0.416 e. The molecule has 278 valence electrons. The molecule has 53 heavy (non-hydrogen) atoms. The van der Waals surface area contributed by atoms with E-state index >= 15 is 0 Å². The van der Waals surface area contributed by atoms with E-state index in [-0.39, 0.29) is 46.8 Å². The summed E-state index contributed by atoms with van der Waals surface area (Å²) in [4.78, 5) is 30.1. The second kappa shape index (κ2) is 13.2. The number of benzene rings is 3. The van der Waals surface area contributed by atoms with E-state index < -0.39 is 33.6 Å². The van der Waals surface area contributed by atoms with E-state index in [4.69, 9.17) is 0 Å². The van der Waals surface area contributed by atoms with Crippen LogP contribution in [0, 0.1) is 23.2 Å². The SMILES string of the molecule is O=C(NS(=O)(=O)CC12CC3CC(CC(C3)C1)C2)c1ccc(N2CCN(C(=O)c3cc(-n4cc(-c5cccc(O)c5)cn4)cc(C(F)(F)F)c3)CC2)cc1. The predicted molar refractivity (Wildman–Crippen MR) is 192 cm³/mol. The molecule has 4 aliphatic carbocycles. The Morgan fingerprint density at radius 1 is 0.830 bits per heavy atom. The number of hydrogen-bond acceptors (Lipinski definition) is 7. The number of nitrogens with one attached hydrogen (secondary N) is 1. The van der Waals surface area contributed by atoms with Gasteiger partial charge in [-0.15, -0.1) is 0 Å². The molecule has 3 aromatic carbocycles. The van der Waals surface area contributed by atoms with Gasteiger partial charge in [0, 0.05) is 54.8 Å². The summed E-state index contributed by atoms with van der Waals surface area (Å²) in [5.74, 6) is 0.635. The normalized spacial score (nSPS) is 24.0. The monoisotopic (exact) mass is 747 g/mol. The van der Waals surface area contributed by atoms with Gasteiger partial charge in [0.15, 0.2) is 0 Å². The average Bonchev–Trinajstić information content (AvgIpc) is 3.60. The lowest BCUT2D eigenvalue weighted by molar-refractivity contribution is -0.137. The highest BCUT2D eigenvalue weighted by Gasteiger charge is 2.52. The number of halogens is 3. The lowest BCUT2D eigenvalue weighted by Gasteiger charge is -2.56. The van der Waals surface area contributed by atoms with Crippen LogP contribution in [0.1, 0.15) is 64.8 Å². The Balaban J connectivity index is 0.904. The van der Waals surface area contributed by atoms with E-state index in [1.807, 2.05) is 4.90 Å². The van der Waals surface area contributed by atoms with E-state index in [1.54, 1.807) is 36.4 Å². The molecule has 0 spiro atoms. The molecule has 5 aliphatic rings. The molecule has 0 atom stereocenters. The summed E-state index contributed by atoms with van der Waals surface area (Å²) >= 11 is 0. The summed E-state index contributed by atoms with van der Waals surface area (Å²) in [6.07, 6.45) is 4.71. The Morgan fingerprint density at radius 3 is 2.11 bits per heavy atom. The summed E-state index contributed by atoms with van der Waals surface area (Å²) in [6.45, 7) is 1.29. The van der Waals surface area contributed by atoms with Gasteiger partial charge in [0.25, 0.3) is 11.8 Å². The lowest BCUT2D eigenvalue weighted by Crippen LogP contribution is -2.51. The minimum absolute atomic E-state index is 0.0112. The molecule has 14 heteroatoms. The van der Waals surface area contributed by atoms with Gasteiger partial charge in [0.2, 0.25) is 10.0 Å². The summed E-state index contributed by atoms with van der Waals surface area (Å²) in [5, 5.41) is 14.1. The zero-order chi connectivity index (χ0) is 37.1. The number of anilines is 1. The molecule has 4 saturated carbocycles. The topological polar surface area (TPSA) is 125 Å². The van der Waals surface area contributed by atoms with Crippen LogP contribution in [0.2, 0.25) is 0 Å². The Labute approximate surface area is 305 Å². The van der Waals surface area contributed by atoms with Crippen LogP contribution in [0.25, 0.3) is 16.8 Å². The fourth-order valence-electron chi connectivity index (χ4n) is 9.61. The van der Waals surface area contributed by atoms with Gasteiger partial charge in [0.1, 0.15) is 5.75 Å². The maximum Gasteiger partial charge on any atom is 0.416 e. The lowest BCUT2D eigenvalue weighted by atomic mass is 9.50. The third kappa shape index (κ3) is 7.38. The van der Waals surface area contributed by atoms with Crippen LogP contribution in [-0.2, 0) is 16.2 Å². The van der Waals surface area contributed by atoms with E-state index in [2.05, 4.69) is 9.82 Å². The van der Waals surface area contributed by atoms with Crippen molar-refractivity contribution in [2.24, 2.45) is 23.2 Å². The second-order valence-electron chi connectivity index (χ2n) is 15.4. The summed E-state index contributed by atoms with van der Waals surface area (Å²) in [5.41, 5.74) is 0.950. The maximum atomic E-state index is 14.0. The predicted octanol–water partition coefficient (Wildman–Crippen LogP) is 6.50. The molecular formula is C39H40F3N5O5S. The number of phenols is 1. The van der Waals surface area contributed by atoms with Crippen LogP contribution in [0.4, 0.5) is 18.9 Å². The fourth-order valence-corrected chi connectivity index (χ4v) is 11.2. The summed E-state index contributed by atoms with van der Waals surface area (Å²) in [6, 6.07) is 16.2. The Kier molecular flexibility index (Phi) is 8.78. The largest absolute Gasteiger partial charge is 0.508 e. The first-order chi connectivity index (χ1) is 25.2. The molecule has 1 aromatic heterocycles. The van der Waals surface area contributed by atoms with Crippen molar-refractivity contribution in [2.75, 3.05) is 36.8 Å². The zero-order valence-corrected chi connectivity index (χ0v) is 29.7. The maximum absolute atomic E-state index is 14.0. The number of carbonyl (C=O) groups excluding carboxylic acids is 2. The fraction of sp³-hybridized carbons (Fsp3) is 0.410. The van der Waals surface area contributed by atoms with Gasteiger partial charge in [-0.25, -0.2) is 17.8 Å². The molecule has 4 bridgehead atoms. The first-order valence-corrected chi connectivity index (χ1v) is 19.6. The van der Waals surface area contributed by atoms with Crippen molar-refractivity contribution < 1.29 is 36.3 Å². The number of amides is 2. The third-order valence-corrected chi connectivity index (χ3v) is 13.0. The van der Waals surface area contributed by atoms with Crippen molar-refractivity contribution in [3.8, 4) is 22.6 Å². The van der Waals surface area contributed by atoms with Crippen LogP contribution < -0.4 is 9.62 Å². The number of piperazine rings is 1. The third-order valence-electron chi connectivity index (χ3n) is 11.5. The average molecular weight is 748 g/mol. The van der Waals surface area contributed by atoms with E-state index in [0.29, 0.717) is 42.0 Å². The van der Waals surface area contributed by atoms with E-state index in [1.165, 1.54) is 59.4 Å². The molecule has 2 heterocycles. The molecule has 1 aliphatic heterocycles. The standard InChI is InChI=1S/C39H40F3N5O5S/c40-39(41,42)32-15-30(16-34(18-32)47-23-31(22-43-47)29-2-1-3-35(48)17-29)37(50)46-10-8-45(9-11-46)33-6-4-28(5-7-33)36(49)44-53(51,52)24-38-19-25-12-26(20-38)14-27(13-25)21-38/h1-7,15-18,22-23,25-27,48H,8-14,19-21,24H2,(H,44,49). The highest BCUT2D eigenvalue weighted by atomic mass is 32.2. The van der Waals surface area contributed by atoms with Crippen LogP contribution in [0.5, 0.6) is 5.75 Å². The number of sulfonamides is 1. The first-order valence-electron chi connectivity index (χ1n) is 18.0. The molecule has 4 aromatic rings. The van der Waals surface area contributed by atoms with Gasteiger partial charge in [-0.1, -0.05) is 12.1 Å². The molecule has 2 N–H and O–H groups in total. The van der Waals surface area contributed by atoms with Gasteiger partial charge >= 0.3 is 6.18 Å². The van der Waals surface area contributed by atoms with E-state index in [9.17, 15) is 36.3 Å². The summed E-state index contributed by atoms with van der Waals surface area (Å²) < 4.78 is 71.9. The molecule has 1 saturated heterocycles. The van der Waals surface area contributed by atoms with Crippen molar-refractivity contribution in [2.45, 2.75) is 44.7 Å². The van der Waals surface area contributed by atoms with Gasteiger partial charge in [-0.2, -0.15) is 18.3 Å². The first kappa shape index (κ1) is 35.2. The zero-order valence-electron chi connectivity index (χ0n) is 28.9. The van der Waals surface area contributed by atoms with Gasteiger partial charge in [-0.05, 0) is 122 Å². The number of alkyl halides is 3. The Hall–Kier alpha value is -4.85. The van der Waals surface area contributed by atoms with Crippen LogP contribution in [-0.4, -0.2) is 72.0 Å². The van der Waals surface area contributed by atoms with Crippen LogP contribution >= 0.6 is 0 Å². The summed E-state index contributed by atoms with van der Waals surface area (Å²) in [7, 11) is -3.82. The number of nitrogens with zero attached hydrogens (tertiary/aromatic N) is 4. The molecule has 9 rings (SSSR count). The van der Waals surface area contributed by atoms with Crippen molar-refractivity contribution in [1.82, 2.24) is 19.4 Å². The Morgan fingerprint density at radius 2 is 1.49 bits per heavy atom. The number of hydrogen-bond donors (Lipinski definition) is 2. The molecular weight excluding hydrogens is 708 g/mol. The minimum atomic E-state index is -4.70. The van der Waals surface area contributed by atoms with Crippen molar-refractivity contribution in [3.05, 3.63) is 95.8 Å². The number of rotatable bonds is 8. The highest BCUT2D eigenvalue weighted by molar-refractivity contribution is 7.90. The van der Waals surface area contributed by atoms with Crippen LogP contribution in [0.3, 0.4) is 0 Å². The van der Waals surface area contributed by atoms with Crippen molar-refractivity contribution in [1.29, 1.82) is 0 Å². The number of carbonyl (C=O) groups is 2. The number of aromatic nitrogens is 2. The number of aromatic hydroxyl groups is 1. The van der Waals surface area contributed by atoms with Crippen molar-refractivity contribution >= 4 is 27.5 Å². The van der Waals surface area contributed by atoms with Crippen molar-refractivity contribution in [3.63, 3.8) is 0 Å². The molecule has 10 nitrogen and oxygen atoms in total.